The lowest BCUT2D eigenvalue weighted by Gasteiger charge is -1.99. The Kier molecular flexibility index (Phi) is 3.46. The Labute approximate surface area is 78.6 Å². The van der Waals surface area contributed by atoms with Gasteiger partial charge in [-0.2, -0.15) is 4.37 Å². The summed E-state index contributed by atoms with van der Waals surface area (Å²) in [5, 5.41) is 0.321. The van der Waals surface area contributed by atoms with Gasteiger partial charge < -0.3 is 0 Å². The molecular formula is C6H7ClN2O2S. The van der Waals surface area contributed by atoms with Crippen LogP contribution in [0.1, 0.15) is 16.6 Å². The van der Waals surface area contributed by atoms with E-state index < -0.39 is 0 Å². The van der Waals surface area contributed by atoms with Crippen LogP contribution >= 0.6 is 23.1 Å². The van der Waals surface area contributed by atoms with Crippen LogP contribution in [-0.2, 0) is 4.84 Å². The van der Waals surface area contributed by atoms with Crippen LogP contribution in [0.5, 0.6) is 0 Å². The van der Waals surface area contributed by atoms with E-state index in [0.717, 1.165) is 11.5 Å². The molecule has 0 radical (unpaired) electrons. The number of nitrogens with one attached hydrogen (secondary N) is 1. The van der Waals surface area contributed by atoms with E-state index >= 15 is 0 Å². The third kappa shape index (κ3) is 2.44. The molecule has 1 aromatic heterocycles. The Morgan fingerprint density at radius 1 is 1.92 bits per heavy atom. The number of halogens is 1. The third-order valence-electron chi connectivity index (χ3n) is 1.01. The summed E-state index contributed by atoms with van der Waals surface area (Å²) in [6.45, 7) is 2.21. The molecular weight excluding hydrogens is 200 g/mol. The van der Waals surface area contributed by atoms with Crippen LogP contribution in [0, 0.1) is 0 Å². The molecule has 0 bridgehead atoms. The molecule has 1 heterocycles. The van der Waals surface area contributed by atoms with Gasteiger partial charge in [0.05, 0.1) is 6.61 Å². The number of hydroxylamine groups is 1. The van der Waals surface area contributed by atoms with Crippen molar-refractivity contribution in [2.24, 2.45) is 0 Å². The first-order valence-corrected chi connectivity index (χ1v) is 4.43. The number of amides is 1. The monoisotopic (exact) mass is 206 g/mol. The highest BCUT2D eigenvalue weighted by molar-refractivity contribution is 7.08. The zero-order valence-corrected chi connectivity index (χ0v) is 7.91. The van der Waals surface area contributed by atoms with Crippen molar-refractivity contribution in [1.82, 2.24) is 9.85 Å². The van der Waals surface area contributed by atoms with E-state index in [1.807, 2.05) is 0 Å². The minimum atomic E-state index is -0.318. The lowest BCUT2D eigenvalue weighted by atomic mass is 10.5. The number of aromatic nitrogens is 1. The normalized spacial score (nSPS) is 9.83. The first-order valence-electron chi connectivity index (χ1n) is 3.28. The first kappa shape index (κ1) is 9.44. The molecule has 0 saturated carbocycles. The van der Waals surface area contributed by atoms with E-state index in [9.17, 15) is 4.79 Å². The smallest absolute Gasteiger partial charge is 0.274 e. The summed E-state index contributed by atoms with van der Waals surface area (Å²) in [5.41, 5.74) is 2.23. The fourth-order valence-electron chi connectivity index (χ4n) is 0.549. The quantitative estimate of drug-likeness (QED) is 0.763. The molecule has 1 N–H and O–H groups in total. The van der Waals surface area contributed by atoms with Crippen molar-refractivity contribution in [2.45, 2.75) is 6.92 Å². The molecule has 0 fully saturated rings. The third-order valence-corrected chi connectivity index (χ3v) is 2.10. The van der Waals surface area contributed by atoms with E-state index in [0.29, 0.717) is 16.6 Å². The van der Waals surface area contributed by atoms with E-state index in [2.05, 4.69) is 9.85 Å². The molecule has 6 heteroatoms. The molecule has 0 aliphatic carbocycles. The lowest BCUT2D eigenvalue weighted by molar-refractivity contribution is 0.0368. The van der Waals surface area contributed by atoms with Crippen molar-refractivity contribution in [3.05, 3.63) is 16.1 Å². The summed E-state index contributed by atoms with van der Waals surface area (Å²) in [6.07, 6.45) is 0. The van der Waals surface area contributed by atoms with Gasteiger partial charge in [0.2, 0.25) is 0 Å². The molecule has 1 rings (SSSR count). The molecule has 12 heavy (non-hydrogen) atoms. The van der Waals surface area contributed by atoms with Crippen molar-refractivity contribution in [3.8, 4) is 0 Å². The van der Waals surface area contributed by atoms with Gasteiger partial charge >= 0.3 is 0 Å². The van der Waals surface area contributed by atoms with Gasteiger partial charge in [-0.25, -0.2) is 5.48 Å². The Hall–Kier alpha value is -0.650. The van der Waals surface area contributed by atoms with Gasteiger partial charge in [0.25, 0.3) is 5.91 Å². The molecule has 0 aromatic carbocycles. The maximum atomic E-state index is 11.1. The second-order valence-electron chi connectivity index (χ2n) is 1.88. The molecule has 0 spiro atoms. The zero-order chi connectivity index (χ0) is 8.97. The second-order valence-corrected chi connectivity index (χ2v) is 3.07. The van der Waals surface area contributed by atoms with Crippen LogP contribution in [0.15, 0.2) is 6.07 Å². The standard InChI is InChI=1S/C6H7ClN2O2S/c1-2-11-8-6(10)4-3-5(7)9-12-4/h3H,2H2,1H3,(H,8,10). The minimum absolute atomic E-state index is 0.318. The summed E-state index contributed by atoms with van der Waals surface area (Å²) in [5.74, 6) is -0.318. The molecule has 1 amide bonds. The van der Waals surface area contributed by atoms with E-state index in [1.165, 1.54) is 6.07 Å². The molecule has 0 aliphatic heterocycles. The number of hydrogen-bond acceptors (Lipinski definition) is 4. The number of carbonyl (C=O) groups excluding carboxylic acids is 1. The fraction of sp³-hybridized carbons (Fsp3) is 0.333. The first-order chi connectivity index (χ1) is 5.74. The zero-order valence-electron chi connectivity index (χ0n) is 6.33. The predicted octanol–water partition coefficient (Wildman–Crippen LogP) is 1.48. The Morgan fingerprint density at radius 2 is 2.67 bits per heavy atom. The van der Waals surface area contributed by atoms with Crippen molar-refractivity contribution < 1.29 is 9.63 Å². The van der Waals surface area contributed by atoms with Crippen LogP contribution in [0.2, 0.25) is 5.15 Å². The number of nitrogens with zero attached hydrogens (tertiary/aromatic N) is 1. The Morgan fingerprint density at radius 3 is 3.17 bits per heavy atom. The van der Waals surface area contributed by atoms with E-state index in [1.54, 1.807) is 6.92 Å². The van der Waals surface area contributed by atoms with E-state index in [-0.39, 0.29) is 5.91 Å². The summed E-state index contributed by atoms with van der Waals surface area (Å²) >= 11 is 6.55. The maximum absolute atomic E-state index is 11.1. The van der Waals surface area contributed by atoms with Crippen molar-refractivity contribution >= 4 is 29.0 Å². The molecule has 4 nitrogen and oxygen atoms in total. The molecule has 0 atom stereocenters. The molecule has 0 unspecified atom stereocenters. The highest BCUT2D eigenvalue weighted by Gasteiger charge is 2.08. The van der Waals surface area contributed by atoms with E-state index in [4.69, 9.17) is 16.4 Å². The molecule has 0 aliphatic rings. The van der Waals surface area contributed by atoms with Gasteiger partial charge in [-0.05, 0) is 18.5 Å². The van der Waals surface area contributed by atoms with Crippen LogP contribution in [0.25, 0.3) is 0 Å². The highest BCUT2D eigenvalue weighted by Crippen LogP contribution is 2.13. The Balaban J connectivity index is 2.53. The largest absolute Gasteiger partial charge is 0.286 e. The summed E-state index contributed by atoms with van der Waals surface area (Å²) < 4.78 is 3.74. The summed E-state index contributed by atoms with van der Waals surface area (Å²) in [7, 11) is 0. The van der Waals surface area contributed by atoms with Gasteiger partial charge in [-0.1, -0.05) is 11.6 Å². The lowest BCUT2D eigenvalue weighted by Crippen LogP contribution is -2.22. The van der Waals surface area contributed by atoms with Crippen LogP contribution in [-0.4, -0.2) is 16.9 Å². The molecule has 66 valence electrons. The van der Waals surface area contributed by atoms with Crippen LogP contribution in [0.4, 0.5) is 0 Å². The Bertz CT molecular complexity index is 276. The van der Waals surface area contributed by atoms with Crippen LogP contribution < -0.4 is 5.48 Å². The number of hydrogen-bond donors (Lipinski definition) is 1. The SMILES string of the molecule is CCONC(=O)c1cc(Cl)ns1. The van der Waals surface area contributed by atoms with Gasteiger partial charge in [-0.3, -0.25) is 9.63 Å². The van der Waals surface area contributed by atoms with Crippen LogP contribution in [0.3, 0.4) is 0 Å². The van der Waals surface area contributed by atoms with Gasteiger partial charge in [0, 0.05) is 6.07 Å². The van der Waals surface area contributed by atoms with Crippen molar-refractivity contribution in [1.29, 1.82) is 0 Å². The van der Waals surface area contributed by atoms with Gasteiger partial charge in [0.1, 0.15) is 10.0 Å². The summed E-state index contributed by atoms with van der Waals surface area (Å²) in [4.78, 5) is 16.2. The fourth-order valence-corrected chi connectivity index (χ4v) is 1.35. The summed E-state index contributed by atoms with van der Waals surface area (Å²) in [6, 6.07) is 1.49. The van der Waals surface area contributed by atoms with Crippen molar-refractivity contribution in [3.63, 3.8) is 0 Å². The average Bonchev–Trinajstić information content (AvgIpc) is 2.47. The molecule has 1 aromatic rings. The molecule has 0 saturated heterocycles. The number of rotatable bonds is 3. The van der Waals surface area contributed by atoms with Crippen molar-refractivity contribution in [2.75, 3.05) is 6.61 Å². The topological polar surface area (TPSA) is 51.2 Å². The van der Waals surface area contributed by atoms with Gasteiger partial charge in [0.15, 0.2) is 0 Å². The number of carbonyl (C=O) groups is 1. The highest BCUT2D eigenvalue weighted by atomic mass is 35.5. The average molecular weight is 207 g/mol. The predicted molar refractivity (Wildman–Crippen MR) is 46.2 cm³/mol. The minimum Gasteiger partial charge on any atom is -0.274 e. The van der Waals surface area contributed by atoms with Gasteiger partial charge in [-0.15, -0.1) is 0 Å². The maximum Gasteiger partial charge on any atom is 0.286 e. The second kappa shape index (κ2) is 4.39.